The van der Waals surface area contributed by atoms with E-state index in [1.807, 2.05) is 6.07 Å². The Bertz CT molecular complexity index is 388. The molecule has 94 valence electrons. The number of benzene rings is 1. The van der Waals surface area contributed by atoms with Gasteiger partial charge in [-0.3, -0.25) is 4.79 Å². The van der Waals surface area contributed by atoms with Gasteiger partial charge in [0, 0.05) is 26.2 Å². The van der Waals surface area contributed by atoms with Crippen molar-refractivity contribution in [1.82, 2.24) is 4.90 Å². The van der Waals surface area contributed by atoms with Crippen LogP contribution in [0.3, 0.4) is 0 Å². The van der Waals surface area contributed by atoms with Crippen LogP contribution >= 0.6 is 0 Å². The zero-order chi connectivity index (χ0) is 12.8. The fourth-order valence-corrected chi connectivity index (χ4v) is 1.51. The molecule has 4 heteroatoms. The molecule has 0 saturated carbocycles. The van der Waals surface area contributed by atoms with Gasteiger partial charge in [-0.05, 0) is 24.6 Å². The van der Waals surface area contributed by atoms with E-state index in [4.69, 9.17) is 5.73 Å². The number of amides is 1. The molecule has 3 N–H and O–H groups in total. The molecule has 1 amide bonds. The van der Waals surface area contributed by atoms with Gasteiger partial charge in [0.15, 0.2) is 0 Å². The average Bonchev–Trinajstić information content (AvgIpc) is 2.30. The van der Waals surface area contributed by atoms with Crippen LogP contribution < -0.4 is 11.1 Å². The van der Waals surface area contributed by atoms with E-state index in [1.54, 1.807) is 31.1 Å². The number of rotatable bonds is 5. The van der Waals surface area contributed by atoms with E-state index in [0.717, 1.165) is 25.1 Å². The number of carbonyl (C=O) groups is 1. The molecule has 17 heavy (non-hydrogen) atoms. The van der Waals surface area contributed by atoms with Gasteiger partial charge in [0.25, 0.3) is 5.91 Å². The maximum absolute atomic E-state index is 11.7. The summed E-state index contributed by atoms with van der Waals surface area (Å²) in [4.78, 5) is 13.3. The van der Waals surface area contributed by atoms with E-state index in [-0.39, 0.29) is 5.91 Å². The Kier molecular flexibility index (Phi) is 4.82. The van der Waals surface area contributed by atoms with Crippen LogP contribution in [0.4, 0.5) is 11.4 Å². The van der Waals surface area contributed by atoms with Gasteiger partial charge in [0.05, 0.1) is 11.4 Å². The molecule has 0 radical (unpaired) electrons. The summed E-state index contributed by atoms with van der Waals surface area (Å²) in [7, 11) is 3.46. The van der Waals surface area contributed by atoms with Crippen molar-refractivity contribution >= 4 is 17.3 Å². The number of anilines is 2. The first-order valence-corrected chi connectivity index (χ1v) is 5.91. The Morgan fingerprint density at radius 2 is 2.12 bits per heavy atom. The molecule has 0 aliphatic carbocycles. The summed E-state index contributed by atoms with van der Waals surface area (Å²) in [5.74, 6) is -0.0307. The van der Waals surface area contributed by atoms with Gasteiger partial charge in [-0.15, -0.1) is 0 Å². The van der Waals surface area contributed by atoms with E-state index in [1.165, 1.54) is 0 Å². The molecule has 1 aromatic rings. The normalized spacial score (nSPS) is 10.1. The lowest BCUT2D eigenvalue weighted by molar-refractivity contribution is 0.0827. The molecule has 1 rings (SSSR count). The van der Waals surface area contributed by atoms with E-state index in [0.29, 0.717) is 11.3 Å². The molecule has 0 saturated heterocycles. The second-order valence-electron chi connectivity index (χ2n) is 4.28. The summed E-state index contributed by atoms with van der Waals surface area (Å²) in [5.41, 5.74) is 8.04. The second kappa shape index (κ2) is 6.13. The highest BCUT2D eigenvalue weighted by Gasteiger charge is 2.09. The van der Waals surface area contributed by atoms with Gasteiger partial charge >= 0.3 is 0 Å². The third-order valence-corrected chi connectivity index (χ3v) is 2.55. The topological polar surface area (TPSA) is 58.4 Å². The monoisotopic (exact) mass is 235 g/mol. The maximum atomic E-state index is 11.7. The Morgan fingerprint density at radius 3 is 2.65 bits per heavy atom. The largest absolute Gasteiger partial charge is 0.397 e. The number of nitrogens with one attached hydrogen (secondary N) is 1. The molecule has 0 atom stereocenters. The minimum absolute atomic E-state index is 0.0307. The van der Waals surface area contributed by atoms with Crippen LogP contribution in [0.15, 0.2) is 18.2 Å². The van der Waals surface area contributed by atoms with Gasteiger partial charge in [0.1, 0.15) is 0 Å². The highest BCUT2D eigenvalue weighted by atomic mass is 16.2. The number of nitrogens with two attached hydrogens (primary N) is 1. The lowest BCUT2D eigenvalue weighted by atomic mass is 10.1. The van der Waals surface area contributed by atoms with Gasteiger partial charge in [-0.1, -0.05) is 13.3 Å². The summed E-state index contributed by atoms with van der Waals surface area (Å²) in [5, 5.41) is 3.26. The van der Waals surface area contributed by atoms with Crippen LogP contribution in [-0.2, 0) is 0 Å². The van der Waals surface area contributed by atoms with Crippen molar-refractivity contribution in [2.75, 3.05) is 31.7 Å². The fraction of sp³-hybridized carbons (Fsp3) is 0.462. The number of carbonyl (C=O) groups excluding carboxylic acids is 1. The summed E-state index contributed by atoms with van der Waals surface area (Å²) in [6.45, 7) is 3.05. The van der Waals surface area contributed by atoms with E-state index < -0.39 is 0 Å². The highest BCUT2D eigenvalue weighted by Crippen LogP contribution is 2.20. The van der Waals surface area contributed by atoms with Crippen molar-refractivity contribution in [2.24, 2.45) is 0 Å². The molecule has 4 nitrogen and oxygen atoms in total. The third-order valence-electron chi connectivity index (χ3n) is 2.55. The highest BCUT2D eigenvalue weighted by molar-refractivity contribution is 5.95. The van der Waals surface area contributed by atoms with Gasteiger partial charge in [-0.2, -0.15) is 0 Å². The Morgan fingerprint density at radius 1 is 1.41 bits per heavy atom. The average molecular weight is 235 g/mol. The zero-order valence-corrected chi connectivity index (χ0v) is 10.8. The Labute approximate surface area is 103 Å². The van der Waals surface area contributed by atoms with Crippen molar-refractivity contribution in [1.29, 1.82) is 0 Å². The molecule has 0 fully saturated rings. The Balaban J connectivity index is 2.75. The van der Waals surface area contributed by atoms with Crippen LogP contribution in [0.1, 0.15) is 30.1 Å². The first kappa shape index (κ1) is 13.4. The number of hydrogen-bond acceptors (Lipinski definition) is 3. The number of nitrogen functional groups attached to an aromatic ring is 1. The molecule has 0 spiro atoms. The fourth-order valence-electron chi connectivity index (χ4n) is 1.51. The van der Waals surface area contributed by atoms with Crippen LogP contribution in [0.25, 0.3) is 0 Å². The van der Waals surface area contributed by atoms with Crippen molar-refractivity contribution in [3.63, 3.8) is 0 Å². The predicted octanol–water partition coefficient (Wildman–Crippen LogP) is 2.18. The van der Waals surface area contributed by atoms with E-state index in [2.05, 4.69) is 12.2 Å². The standard InChI is InChI=1S/C13H21N3O/c1-4-5-8-15-12-7-6-10(9-11(12)14)13(17)16(2)3/h6-7,9,15H,4-5,8,14H2,1-3H3. The van der Waals surface area contributed by atoms with Gasteiger partial charge in [-0.25, -0.2) is 0 Å². The summed E-state index contributed by atoms with van der Waals surface area (Å²) in [6.07, 6.45) is 2.25. The predicted molar refractivity (Wildman–Crippen MR) is 72.3 cm³/mol. The van der Waals surface area contributed by atoms with Crippen LogP contribution in [0.5, 0.6) is 0 Å². The van der Waals surface area contributed by atoms with Gasteiger partial charge in [0.2, 0.25) is 0 Å². The van der Waals surface area contributed by atoms with Crippen molar-refractivity contribution in [3.8, 4) is 0 Å². The number of unbranched alkanes of at least 4 members (excludes halogenated alkanes) is 1. The zero-order valence-electron chi connectivity index (χ0n) is 10.8. The molecule has 1 aromatic carbocycles. The van der Waals surface area contributed by atoms with Gasteiger partial charge < -0.3 is 16.0 Å². The first-order chi connectivity index (χ1) is 8.06. The quantitative estimate of drug-likeness (QED) is 0.607. The molecular formula is C13H21N3O. The Hall–Kier alpha value is -1.71. The summed E-state index contributed by atoms with van der Waals surface area (Å²) >= 11 is 0. The van der Waals surface area contributed by atoms with Crippen LogP contribution in [-0.4, -0.2) is 31.4 Å². The smallest absolute Gasteiger partial charge is 0.253 e. The van der Waals surface area contributed by atoms with Crippen molar-refractivity contribution < 1.29 is 4.79 Å². The molecule has 0 unspecified atom stereocenters. The first-order valence-electron chi connectivity index (χ1n) is 5.91. The number of hydrogen-bond donors (Lipinski definition) is 2. The number of nitrogens with zero attached hydrogens (tertiary/aromatic N) is 1. The second-order valence-corrected chi connectivity index (χ2v) is 4.28. The SMILES string of the molecule is CCCCNc1ccc(C(=O)N(C)C)cc1N. The van der Waals surface area contributed by atoms with Crippen molar-refractivity contribution in [3.05, 3.63) is 23.8 Å². The summed E-state index contributed by atoms with van der Waals surface area (Å²) in [6, 6.07) is 5.38. The van der Waals surface area contributed by atoms with Crippen LogP contribution in [0, 0.1) is 0 Å². The van der Waals surface area contributed by atoms with Crippen molar-refractivity contribution in [2.45, 2.75) is 19.8 Å². The lowest BCUT2D eigenvalue weighted by Crippen LogP contribution is -2.21. The molecule has 0 bridgehead atoms. The molecule has 0 heterocycles. The van der Waals surface area contributed by atoms with E-state index >= 15 is 0 Å². The third kappa shape index (κ3) is 3.66. The molecule has 0 aliphatic heterocycles. The maximum Gasteiger partial charge on any atom is 0.253 e. The lowest BCUT2D eigenvalue weighted by Gasteiger charge is -2.13. The summed E-state index contributed by atoms with van der Waals surface area (Å²) < 4.78 is 0. The molecular weight excluding hydrogens is 214 g/mol. The minimum Gasteiger partial charge on any atom is -0.397 e. The molecule has 0 aliphatic rings. The minimum atomic E-state index is -0.0307. The van der Waals surface area contributed by atoms with Crippen LogP contribution in [0.2, 0.25) is 0 Å². The van der Waals surface area contributed by atoms with E-state index in [9.17, 15) is 4.79 Å². The molecule has 0 aromatic heterocycles.